The number of rotatable bonds is 9. The van der Waals surface area contributed by atoms with Crippen LogP contribution >= 0.6 is 12.4 Å². The van der Waals surface area contributed by atoms with Gasteiger partial charge in [0.15, 0.2) is 0 Å². The lowest BCUT2D eigenvalue weighted by Gasteiger charge is -2.52. The highest BCUT2D eigenvalue weighted by atomic mass is 35.5. The molecule has 0 aromatic heterocycles. The normalized spacial score (nSPS) is 20.9. The van der Waals surface area contributed by atoms with Gasteiger partial charge in [0.2, 0.25) is 11.8 Å². The van der Waals surface area contributed by atoms with Gasteiger partial charge in [-0.3, -0.25) is 14.5 Å². The van der Waals surface area contributed by atoms with Crippen molar-refractivity contribution in [2.24, 2.45) is 11.8 Å². The molecular weight excluding hydrogens is 434 g/mol. The van der Waals surface area contributed by atoms with Gasteiger partial charge >= 0.3 is 0 Å². The van der Waals surface area contributed by atoms with Crippen molar-refractivity contribution in [3.8, 4) is 0 Å². The molecule has 2 amide bonds. The van der Waals surface area contributed by atoms with Crippen molar-refractivity contribution >= 4 is 24.2 Å². The van der Waals surface area contributed by atoms with Gasteiger partial charge in [-0.05, 0) is 55.1 Å². The van der Waals surface area contributed by atoms with Crippen LogP contribution in [-0.2, 0) is 22.6 Å². The number of benzene rings is 1. The molecule has 0 bridgehead atoms. The average molecular weight is 478 g/mol. The highest BCUT2D eigenvalue weighted by Gasteiger charge is 2.53. The molecule has 2 aliphatic heterocycles. The van der Waals surface area contributed by atoms with Crippen LogP contribution < -0.4 is 5.32 Å². The Morgan fingerprint density at radius 3 is 2.15 bits per heavy atom. The molecule has 6 heteroatoms. The number of nitrogens with one attached hydrogen (secondary N) is 1. The van der Waals surface area contributed by atoms with E-state index in [0.29, 0.717) is 37.6 Å². The van der Waals surface area contributed by atoms with Gasteiger partial charge in [0, 0.05) is 26.2 Å². The lowest BCUT2D eigenvalue weighted by Crippen LogP contribution is -2.73. The van der Waals surface area contributed by atoms with Gasteiger partial charge in [-0.15, -0.1) is 12.4 Å². The fourth-order valence-corrected chi connectivity index (χ4v) is 5.24. The minimum absolute atomic E-state index is 0. The quantitative estimate of drug-likeness (QED) is 0.555. The van der Waals surface area contributed by atoms with E-state index in [1.807, 2.05) is 4.90 Å². The van der Waals surface area contributed by atoms with Crippen molar-refractivity contribution < 1.29 is 9.59 Å². The Kier molecular flexibility index (Phi) is 10.2. The zero-order chi connectivity index (χ0) is 23.3. The van der Waals surface area contributed by atoms with E-state index in [2.05, 4.69) is 69.1 Å². The number of likely N-dealkylation sites (tertiary alicyclic amines) is 1. The average Bonchev–Trinajstić information content (AvgIpc) is 2.74. The van der Waals surface area contributed by atoms with Crippen LogP contribution in [-0.4, -0.2) is 52.8 Å². The van der Waals surface area contributed by atoms with Crippen LogP contribution in [0.25, 0.3) is 0 Å². The maximum absolute atomic E-state index is 13.4. The first-order chi connectivity index (χ1) is 15.2. The predicted octanol–water partition coefficient (Wildman–Crippen LogP) is 4.81. The standard InChI is InChI=1S/C27H43N3O2.ClH/c1-6-7-14-30-25(31)24(18-21(4)5)28-26(32)27(30)12-15-29(16-13-27)19-23-10-8-22(9-11-23)17-20(2)3;/h8-11,20-21,24H,6-7,12-19H2,1-5H3,(H,28,32);1H/t24-;/m0./s1. The summed E-state index contributed by atoms with van der Waals surface area (Å²) in [5, 5.41) is 3.10. The number of unbranched alkanes of at least 4 members (excludes halogenated alkanes) is 1. The van der Waals surface area contributed by atoms with Crippen LogP contribution in [0.1, 0.15) is 77.8 Å². The summed E-state index contributed by atoms with van der Waals surface area (Å²) in [4.78, 5) is 31.1. The lowest BCUT2D eigenvalue weighted by molar-refractivity contribution is -0.161. The summed E-state index contributed by atoms with van der Waals surface area (Å²) in [6.07, 6.45) is 5.22. The van der Waals surface area contributed by atoms with E-state index in [9.17, 15) is 9.59 Å². The van der Waals surface area contributed by atoms with Gasteiger partial charge in [0.1, 0.15) is 11.6 Å². The van der Waals surface area contributed by atoms with Crippen LogP contribution in [0.15, 0.2) is 24.3 Å². The molecular formula is C27H44ClN3O2. The third-order valence-electron chi connectivity index (χ3n) is 7.01. The molecule has 2 fully saturated rings. The number of hydrogen-bond donors (Lipinski definition) is 1. The first-order valence-corrected chi connectivity index (χ1v) is 12.7. The smallest absolute Gasteiger partial charge is 0.246 e. The van der Waals surface area contributed by atoms with E-state index in [4.69, 9.17) is 0 Å². The summed E-state index contributed by atoms with van der Waals surface area (Å²) in [7, 11) is 0. The summed E-state index contributed by atoms with van der Waals surface area (Å²) >= 11 is 0. The zero-order valence-corrected chi connectivity index (χ0v) is 22.0. The predicted molar refractivity (Wildman–Crippen MR) is 137 cm³/mol. The van der Waals surface area contributed by atoms with Crippen molar-refractivity contribution in [2.75, 3.05) is 19.6 Å². The van der Waals surface area contributed by atoms with Crippen LogP contribution in [0, 0.1) is 11.8 Å². The number of carbonyl (C=O) groups is 2. The molecule has 2 saturated heterocycles. The molecule has 0 saturated carbocycles. The molecule has 1 aromatic rings. The number of piperidine rings is 1. The molecule has 1 N–H and O–H groups in total. The number of amides is 2. The van der Waals surface area contributed by atoms with Gasteiger partial charge < -0.3 is 10.2 Å². The molecule has 2 heterocycles. The lowest BCUT2D eigenvalue weighted by atomic mass is 9.80. The van der Waals surface area contributed by atoms with Crippen molar-refractivity contribution in [3.05, 3.63) is 35.4 Å². The SMILES string of the molecule is CCCCN1C(=O)[C@H](CC(C)C)NC(=O)C12CCN(Cc1ccc(CC(C)C)cc1)CC2.Cl. The monoisotopic (exact) mass is 477 g/mol. The molecule has 1 spiro atoms. The first kappa shape index (κ1) is 27.7. The fourth-order valence-electron chi connectivity index (χ4n) is 5.24. The van der Waals surface area contributed by atoms with E-state index in [0.717, 1.165) is 38.9 Å². The summed E-state index contributed by atoms with van der Waals surface area (Å²) in [5.41, 5.74) is 2.04. The molecule has 2 aliphatic rings. The fraction of sp³-hybridized carbons (Fsp3) is 0.704. The molecule has 0 unspecified atom stereocenters. The van der Waals surface area contributed by atoms with Crippen molar-refractivity contribution in [2.45, 2.75) is 91.3 Å². The molecule has 5 nitrogen and oxygen atoms in total. The number of carbonyl (C=O) groups excluding carboxylic acids is 2. The third kappa shape index (κ3) is 6.73. The highest BCUT2D eigenvalue weighted by molar-refractivity contribution is 6.00. The Bertz CT molecular complexity index is 770. The molecule has 186 valence electrons. The van der Waals surface area contributed by atoms with Crippen molar-refractivity contribution in [1.29, 1.82) is 0 Å². The molecule has 0 aliphatic carbocycles. The Labute approximate surface area is 207 Å². The number of hydrogen-bond acceptors (Lipinski definition) is 3. The number of piperazine rings is 1. The molecule has 3 rings (SSSR count). The second-order valence-electron chi connectivity index (χ2n) is 10.7. The van der Waals surface area contributed by atoms with Crippen LogP contribution in [0.5, 0.6) is 0 Å². The van der Waals surface area contributed by atoms with Gasteiger partial charge in [-0.1, -0.05) is 65.3 Å². The minimum Gasteiger partial charge on any atom is -0.342 e. The van der Waals surface area contributed by atoms with Crippen LogP contribution in [0.2, 0.25) is 0 Å². The second-order valence-corrected chi connectivity index (χ2v) is 10.7. The summed E-state index contributed by atoms with van der Waals surface area (Å²) in [6, 6.07) is 8.60. The molecule has 33 heavy (non-hydrogen) atoms. The Hall–Kier alpha value is -1.59. The van der Waals surface area contributed by atoms with Crippen molar-refractivity contribution in [3.63, 3.8) is 0 Å². The maximum atomic E-state index is 13.4. The largest absolute Gasteiger partial charge is 0.342 e. The number of halogens is 1. The molecule has 1 aromatic carbocycles. The first-order valence-electron chi connectivity index (χ1n) is 12.7. The van der Waals surface area contributed by atoms with Gasteiger partial charge in [-0.2, -0.15) is 0 Å². The van der Waals surface area contributed by atoms with Gasteiger partial charge in [0.05, 0.1) is 0 Å². The van der Waals surface area contributed by atoms with Gasteiger partial charge in [-0.25, -0.2) is 0 Å². The Balaban J connectivity index is 0.00000385. The topological polar surface area (TPSA) is 52.7 Å². The number of nitrogens with zero attached hydrogens (tertiary/aromatic N) is 2. The van der Waals surface area contributed by atoms with Crippen molar-refractivity contribution in [1.82, 2.24) is 15.1 Å². The Morgan fingerprint density at radius 1 is 1.00 bits per heavy atom. The zero-order valence-electron chi connectivity index (χ0n) is 21.2. The van der Waals surface area contributed by atoms with E-state index < -0.39 is 5.54 Å². The van der Waals surface area contributed by atoms with Crippen LogP contribution in [0.4, 0.5) is 0 Å². The van der Waals surface area contributed by atoms with E-state index in [1.165, 1.54) is 11.1 Å². The second kappa shape index (κ2) is 12.2. The maximum Gasteiger partial charge on any atom is 0.246 e. The van der Waals surface area contributed by atoms with Gasteiger partial charge in [0.25, 0.3) is 0 Å². The van der Waals surface area contributed by atoms with E-state index in [-0.39, 0.29) is 30.3 Å². The van der Waals surface area contributed by atoms with E-state index in [1.54, 1.807) is 0 Å². The molecule has 1 atom stereocenters. The summed E-state index contributed by atoms with van der Waals surface area (Å²) in [6.45, 7) is 14.1. The molecule has 0 radical (unpaired) electrons. The summed E-state index contributed by atoms with van der Waals surface area (Å²) < 4.78 is 0. The summed E-state index contributed by atoms with van der Waals surface area (Å²) in [5.74, 6) is 1.23. The third-order valence-corrected chi connectivity index (χ3v) is 7.01. The minimum atomic E-state index is -0.669. The highest BCUT2D eigenvalue weighted by Crippen LogP contribution is 2.34. The van der Waals surface area contributed by atoms with E-state index >= 15 is 0 Å². The Morgan fingerprint density at radius 2 is 1.61 bits per heavy atom. The van der Waals surface area contributed by atoms with Crippen LogP contribution in [0.3, 0.4) is 0 Å².